The lowest BCUT2D eigenvalue weighted by Crippen LogP contribution is -2.01. The van der Waals surface area contributed by atoms with Crippen molar-refractivity contribution >= 4 is 22.8 Å². The Labute approximate surface area is 205 Å². The van der Waals surface area contributed by atoms with Gasteiger partial charge in [0.05, 0.1) is 23.7 Å². The number of hydrogen-bond donors (Lipinski definition) is 4. The molecule has 178 valence electrons. The van der Waals surface area contributed by atoms with Crippen molar-refractivity contribution in [3.05, 3.63) is 83.3 Å². The van der Waals surface area contributed by atoms with Gasteiger partial charge in [-0.1, -0.05) is 6.07 Å². The SMILES string of the molecule is Cc1cc(-c2ccc(C(O)O)cn2)cc(C)c1Oc1nc(Nc2ccc(C#N)cc2)nc2nc[nH]c12. The van der Waals surface area contributed by atoms with Crippen molar-refractivity contribution in [3.63, 3.8) is 0 Å². The maximum absolute atomic E-state index is 9.30. The molecule has 0 fully saturated rings. The summed E-state index contributed by atoms with van der Waals surface area (Å²) in [5, 5.41) is 30.7. The highest BCUT2D eigenvalue weighted by Gasteiger charge is 2.16. The van der Waals surface area contributed by atoms with Crippen LogP contribution >= 0.6 is 0 Å². The van der Waals surface area contributed by atoms with Gasteiger partial charge in [0.15, 0.2) is 11.9 Å². The maximum Gasteiger partial charge on any atom is 0.250 e. The molecule has 0 radical (unpaired) electrons. The number of fused-ring (bicyclic) bond motifs is 1. The Morgan fingerprint density at radius 1 is 1.00 bits per heavy atom. The molecular weight excluding hydrogens is 458 g/mol. The number of aliphatic hydroxyl groups excluding tert-OH is 1. The van der Waals surface area contributed by atoms with E-state index in [4.69, 9.17) is 10.00 Å². The normalized spacial score (nSPS) is 11.0. The molecule has 0 aliphatic carbocycles. The first-order valence-electron chi connectivity index (χ1n) is 11.0. The third kappa shape index (κ3) is 4.56. The molecule has 0 atom stereocenters. The highest BCUT2D eigenvalue weighted by molar-refractivity contribution is 5.78. The molecule has 5 aromatic rings. The van der Waals surface area contributed by atoms with Crippen LogP contribution in [-0.4, -0.2) is 35.1 Å². The maximum atomic E-state index is 9.30. The molecule has 0 amide bonds. The molecule has 36 heavy (non-hydrogen) atoms. The molecule has 0 spiro atoms. The molecule has 0 unspecified atom stereocenters. The minimum Gasteiger partial charge on any atom is -0.436 e. The molecule has 2 aromatic carbocycles. The van der Waals surface area contributed by atoms with Crippen LogP contribution in [0.15, 0.2) is 61.1 Å². The van der Waals surface area contributed by atoms with Crippen LogP contribution in [0, 0.1) is 25.2 Å². The first kappa shape index (κ1) is 22.9. The van der Waals surface area contributed by atoms with Crippen LogP contribution in [-0.2, 0) is 0 Å². The van der Waals surface area contributed by atoms with Gasteiger partial charge in [0, 0.05) is 23.0 Å². The number of aryl methyl sites for hydroxylation is 2. The molecule has 0 saturated carbocycles. The third-order valence-corrected chi connectivity index (χ3v) is 5.56. The average molecular weight is 480 g/mol. The fourth-order valence-corrected chi connectivity index (χ4v) is 3.78. The Morgan fingerprint density at radius 3 is 2.39 bits per heavy atom. The van der Waals surface area contributed by atoms with Crippen molar-refractivity contribution in [2.24, 2.45) is 0 Å². The van der Waals surface area contributed by atoms with Crippen LogP contribution in [0.5, 0.6) is 11.6 Å². The highest BCUT2D eigenvalue weighted by atomic mass is 16.5. The topological polar surface area (TPSA) is 153 Å². The number of nitriles is 1. The molecule has 0 aliphatic rings. The number of nitrogens with one attached hydrogen (secondary N) is 2. The van der Waals surface area contributed by atoms with Gasteiger partial charge >= 0.3 is 0 Å². The first-order valence-corrected chi connectivity index (χ1v) is 11.0. The van der Waals surface area contributed by atoms with E-state index in [0.717, 1.165) is 22.4 Å². The lowest BCUT2D eigenvalue weighted by molar-refractivity contribution is -0.0427. The number of nitrogens with zero attached hydrogens (tertiary/aromatic N) is 5. The smallest absolute Gasteiger partial charge is 0.250 e. The minimum atomic E-state index is -1.56. The molecule has 0 aliphatic heterocycles. The minimum absolute atomic E-state index is 0.302. The number of hydrogen-bond acceptors (Lipinski definition) is 9. The summed E-state index contributed by atoms with van der Waals surface area (Å²) in [5.74, 6) is 1.25. The van der Waals surface area contributed by atoms with Crippen molar-refractivity contribution in [1.29, 1.82) is 5.26 Å². The molecule has 0 saturated heterocycles. The number of anilines is 2. The average Bonchev–Trinajstić information content (AvgIpc) is 3.35. The van der Waals surface area contributed by atoms with E-state index in [1.165, 1.54) is 12.5 Å². The predicted molar refractivity (Wildman–Crippen MR) is 133 cm³/mol. The summed E-state index contributed by atoms with van der Waals surface area (Å²) in [4.78, 5) is 20.6. The van der Waals surface area contributed by atoms with Gasteiger partial charge in [0.1, 0.15) is 11.3 Å². The summed E-state index contributed by atoms with van der Waals surface area (Å²) in [7, 11) is 0. The summed E-state index contributed by atoms with van der Waals surface area (Å²) < 4.78 is 6.28. The summed E-state index contributed by atoms with van der Waals surface area (Å²) in [6, 6.07) is 16.3. The Hall–Kier alpha value is -4.85. The van der Waals surface area contributed by atoms with E-state index in [1.54, 1.807) is 36.4 Å². The van der Waals surface area contributed by atoms with Gasteiger partial charge in [-0.2, -0.15) is 15.2 Å². The van der Waals surface area contributed by atoms with Crippen LogP contribution < -0.4 is 10.1 Å². The summed E-state index contributed by atoms with van der Waals surface area (Å²) >= 11 is 0. The van der Waals surface area contributed by atoms with Gasteiger partial charge in [-0.25, -0.2) is 4.98 Å². The number of aliphatic hydroxyl groups is 2. The fourth-order valence-electron chi connectivity index (χ4n) is 3.78. The van der Waals surface area contributed by atoms with Crippen LogP contribution in [0.25, 0.3) is 22.4 Å². The molecule has 4 N–H and O–H groups in total. The van der Waals surface area contributed by atoms with Crippen molar-refractivity contribution in [1.82, 2.24) is 24.9 Å². The first-order chi connectivity index (χ1) is 17.4. The Balaban J connectivity index is 1.46. The van der Waals surface area contributed by atoms with Gasteiger partial charge in [-0.15, -0.1) is 0 Å². The van der Waals surface area contributed by atoms with Crippen LogP contribution in [0.2, 0.25) is 0 Å². The second-order valence-corrected chi connectivity index (χ2v) is 8.16. The summed E-state index contributed by atoms with van der Waals surface area (Å²) in [6.07, 6.45) is 1.40. The molecule has 0 bridgehead atoms. The molecule has 3 heterocycles. The van der Waals surface area contributed by atoms with E-state index in [9.17, 15) is 10.2 Å². The van der Waals surface area contributed by atoms with Crippen molar-refractivity contribution in [2.75, 3.05) is 5.32 Å². The molecule has 3 aromatic heterocycles. The predicted octanol–water partition coefficient (Wildman–Crippen LogP) is 4.42. The number of aromatic amines is 1. The molecule has 10 nitrogen and oxygen atoms in total. The van der Waals surface area contributed by atoms with Crippen LogP contribution in [0.4, 0.5) is 11.6 Å². The largest absolute Gasteiger partial charge is 0.436 e. The zero-order valence-corrected chi connectivity index (χ0v) is 19.4. The van der Waals surface area contributed by atoms with Crippen molar-refractivity contribution < 1.29 is 14.9 Å². The second-order valence-electron chi connectivity index (χ2n) is 8.16. The van der Waals surface area contributed by atoms with E-state index in [1.807, 2.05) is 26.0 Å². The number of ether oxygens (including phenoxy) is 1. The zero-order valence-electron chi connectivity index (χ0n) is 19.4. The highest BCUT2D eigenvalue weighted by Crippen LogP contribution is 2.35. The number of imidazole rings is 1. The quantitative estimate of drug-likeness (QED) is 0.259. The zero-order chi connectivity index (χ0) is 25.2. The van der Waals surface area contributed by atoms with Gasteiger partial charge in [0.25, 0.3) is 5.88 Å². The van der Waals surface area contributed by atoms with Crippen LogP contribution in [0.3, 0.4) is 0 Å². The number of rotatable bonds is 6. The third-order valence-electron chi connectivity index (χ3n) is 5.56. The molecule has 5 rings (SSSR count). The van der Waals surface area contributed by atoms with Gasteiger partial charge in [-0.3, -0.25) is 4.98 Å². The fraction of sp³-hybridized carbons (Fsp3) is 0.115. The standard InChI is InChI=1S/C26H21N7O3/c1-14-9-18(20-8-5-17(12-28-20)25(34)35)10-15(2)22(14)36-24-21-23(30-13-29-21)32-26(33-24)31-19-6-3-16(11-27)4-7-19/h3-10,12-13,25,34-35H,1-2H3,(H2,29,30,31,32,33). The van der Waals surface area contributed by atoms with E-state index >= 15 is 0 Å². The molecule has 10 heteroatoms. The lowest BCUT2D eigenvalue weighted by Gasteiger charge is -2.14. The van der Waals surface area contributed by atoms with Crippen molar-refractivity contribution in [2.45, 2.75) is 20.1 Å². The Morgan fingerprint density at radius 2 is 1.75 bits per heavy atom. The number of benzene rings is 2. The van der Waals surface area contributed by atoms with Gasteiger partial charge in [0.2, 0.25) is 5.95 Å². The number of aromatic nitrogens is 5. The monoisotopic (exact) mass is 479 g/mol. The molecular formula is C26H21N7O3. The number of H-pyrrole nitrogens is 1. The van der Waals surface area contributed by atoms with E-state index in [-0.39, 0.29) is 0 Å². The van der Waals surface area contributed by atoms with E-state index < -0.39 is 6.29 Å². The summed E-state index contributed by atoms with van der Waals surface area (Å²) in [5.41, 5.74) is 5.90. The van der Waals surface area contributed by atoms with Gasteiger partial charge in [-0.05, 0) is 67.4 Å². The Bertz CT molecular complexity index is 1560. The number of pyridine rings is 1. The second kappa shape index (κ2) is 9.42. The Kier molecular flexibility index (Phi) is 6.00. The van der Waals surface area contributed by atoms with Crippen molar-refractivity contribution in [3.8, 4) is 29.0 Å². The van der Waals surface area contributed by atoms with Crippen LogP contribution in [0.1, 0.15) is 28.5 Å². The van der Waals surface area contributed by atoms with E-state index in [0.29, 0.717) is 45.6 Å². The summed E-state index contributed by atoms with van der Waals surface area (Å²) in [6.45, 7) is 3.86. The lowest BCUT2D eigenvalue weighted by atomic mass is 10.0. The van der Waals surface area contributed by atoms with E-state index in [2.05, 4.69) is 36.3 Å². The van der Waals surface area contributed by atoms with Gasteiger partial charge < -0.3 is 25.3 Å².